The topological polar surface area (TPSA) is 110 Å². The highest BCUT2D eigenvalue weighted by Crippen LogP contribution is 2.63. The van der Waals surface area contributed by atoms with E-state index in [2.05, 4.69) is 17.5 Å². The van der Waals surface area contributed by atoms with Crippen LogP contribution in [-0.2, 0) is 9.53 Å². The molecule has 0 saturated carbocycles. The molecular weight excluding hydrogens is 316 g/mol. The number of nitrogens with one attached hydrogen (secondary N) is 2. The fourth-order valence-electron chi connectivity index (χ4n) is 4.36. The number of rotatable bonds is 1. The normalized spacial score (nSPS) is 33.4. The fraction of sp³-hybridized carbons (Fsp3) is 0.368. The van der Waals surface area contributed by atoms with E-state index in [-0.39, 0.29) is 5.84 Å². The highest BCUT2D eigenvalue weighted by molar-refractivity contribution is 6.16. The van der Waals surface area contributed by atoms with Crippen LogP contribution in [0.4, 0.5) is 0 Å². The second-order valence-electron chi connectivity index (χ2n) is 6.63. The second kappa shape index (κ2) is 5.19. The Labute approximate surface area is 145 Å². The SMILES string of the molecule is N#CC12C(=O)NC(=N)C1(C#N)C(c1ccccc1)OC1=C2CCCC1. The molecule has 1 aliphatic carbocycles. The molecule has 124 valence electrons. The van der Waals surface area contributed by atoms with Crippen molar-refractivity contribution in [3.63, 3.8) is 0 Å². The molecule has 0 spiro atoms. The summed E-state index contributed by atoms with van der Waals surface area (Å²) in [6.45, 7) is 0. The van der Waals surface area contributed by atoms with Crippen LogP contribution in [0.3, 0.4) is 0 Å². The zero-order chi connectivity index (χ0) is 17.7. The molecule has 1 amide bonds. The lowest BCUT2D eigenvalue weighted by atomic mass is 9.55. The molecule has 1 aromatic rings. The van der Waals surface area contributed by atoms with Crippen LogP contribution in [0.1, 0.15) is 37.4 Å². The molecule has 0 bridgehead atoms. The van der Waals surface area contributed by atoms with E-state index in [0.717, 1.165) is 12.8 Å². The van der Waals surface area contributed by atoms with Gasteiger partial charge in [0, 0.05) is 6.42 Å². The van der Waals surface area contributed by atoms with Crippen LogP contribution in [0, 0.1) is 38.9 Å². The van der Waals surface area contributed by atoms with E-state index in [0.29, 0.717) is 29.7 Å². The van der Waals surface area contributed by atoms with Crippen LogP contribution in [0.15, 0.2) is 41.7 Å². The Morgan fingerprint density at radius 2 is 1.88 bits per heavy atom. The van der Waals surface area contributed by atoms with Crippen LogP contribution in [0.5, 0.6) is 0 Å². The molecule has 3 unspecified atom stereocenters. The first-order chi connectivity index (χ1) is 12.1. The van der Waals surface area contributed by atoms with Crippen molar-refractivity contribution in [3.05, 3.63) is 47.2 Å². The predicted octanol–water partition coefficient (Wildman–Crippen LogP) is 2.71. The zero-order valence-electron chi connectivity index (χ0n) is 13.5. The molecule has 2 aliphatic heterocycles. The lowest BCUT2D eigenvalue weighted by Crippen LogP contribution is -2.52. The zero-order valence-corrected chi connectivity index (χ0v) is 13.5. The molecule has 0 aromatic heterocycles. The second-order valence-corrected chi connectivity index (χ2v) is 6.63. The number of amides is 1. The third kappa shape index (κ3) is 1.66. The number of carbonyl (C=O) groups is 1. The number of hydrogen-bond acceptors (Lipinski definition) is 5. The van der Waals surface area contributed by atoms with Gasteiger partial charge in [-0.25, -0.2) is 0 Å². The quantitative estimate of drug-likeness (QED) is 0.823. The maximum atomic E-state index is 12.9. The molecule has 3 atom stereocenters. The van der Waals surface area contributed by atoms with Crippen LogP contribution in [0.2, 0.25) is 0 Å². The molecule has 1 fully saturated rings. The lowest BCUT2D eigenvalue weighted by molar-refractivity contribution is -0.129. The maximum Gasteiger partial charge on any atom is 0.252 e. The van der Waals surface area contributed by atoms with Gasteiger partial charge in [-0.15, -0.1) is 0 Å². The summed E-state index contributed by atoms with van der Waals surface area (Å²) in [5.41, 5.74) is -2.14. The number of fused-ring (bicyclic) bond motifs is 2. The summed E-state index contributed by atoms with van der Waals surface area (Å²) in [4.78, 5) is 12.9. The van der Waals surface area contributed by atoms with Gasteiger partial charge in [0.2, 0.25) is 0 Å². The van der Waals surface area contributed by atoms with Gasteiger partial charge in [-0.2, -0.15) is 10.5 Å². The number of ether oxygens (including phenoxy) is 1. The van der Waals surface area contributed by atoms with Crippen molar-refractivity contribution < 1.29 is 9.53 Å². The summed E-state index contributed by atoms with van der Waals surface area (Å²) in [5.74, 6) is -0.204. The molecule has 2 heterocycles. The first-order valence-electron chi connectivity index (χ1n) is 8.29. The van der Waals surface area contributed by atoms with Gasteiger partial charge in [0.15, 0.2) is 16.9 Å². The molecule has 1 aromatic carbocycles. The number of hydrogen-bond donors (Lipinski definition) is 2. The number of nitriles is 2. The summed E-state index contributed by atoms with van der Waals surface area (Å²) in [6.07, 6.45) is 2.06. The first kappa shape index (κ1) is 15.4. The van der Waals surface area contributed by atoms with Crippen molar-refractivity contribution in [1.82, 2.24) is 5.32 Å². The fourth-order valence-corrected chi connectivity index (χ4v) is 4.36. The number of nitrogens with zero attached hydrogens (tertiary/aromatic N) is 2. The Morgan fingerprint density at radius 3 is 2.56 bits per heavy atom. The van der Waals surface area contributed by atoms with E-state index < -0.39 is 22.8 Å². The number of carbonyl (C=O) groups excluding carboxylic acids is 1. The molecule has 6 nitrogen and oxygen atoms in total. The average Bonchev–Trinajstić information content (AvgIpc) is 2.89. The van der Waals surface area contributed by atoms with Gasteiger partial charge in [-0.3, -0.25) is 10.2 Å². The van der Waals surface area contributed by atoms with Crippen molar-refractivity contribution in [1.29, 1.82) is 15.9 Å². The Hall–Kier alpha value is -3.12. The van der Waals surface area contributed by atoms with E-state index in [1.807, 2.05) is 18.2 Å². The number of amidine groups is 1. The molecule has 0 radical (unpaired) electrons. The summed E-state index contributed by atoms with van der Waals surface area (Å²) >= 11 is 0. The molecule has 3 aliphatic rings. The summed E-state index contributed by atoms with van der Waals surface area (Å²) in [7, 11) is 0. The molecule has 4 rings (SSSR count). The Balaban J connectivity index is 2.06. The van der Waals surface area contributed by atoms with E-state index in [1.54, 1.807) is 12.1 Å². The smallest absolute Gasteiger partial charge is 0.252 e. The van der Waals surface area contributed by atoms with E-state index >= 15 is 0 Å². The minimum atomic E-state index is -1.70. The van der Waals surface area contributed by atoms with Gasteiger partial charge in [0.05, 0.1) is 17.9 Å². The van der Waals surface area contributed by atoms with Gasteiger partial charge in [-0.1, -0.05) is 30.3 Å². The summed E-state index contributed by atoms with van der Waals surface area (Å²) < 4.78 is 6.20. The third-order valence-electron chi connectivity index (χ3n) is 5.53. The molecule has 2 N–H and O–H groups in total. The van der Waals surface area contributed by atoms with E-state index in [9.17, 15) is 15.3 Å². The Kier molecular flexibility index (Phi) is 3.20. The molecular formula is C19H16N4O2. The average molecular weight is 332 g/mol. The maximum absolute atomic E-state index is 12.9. The minimum absolute atomic E-state index is 0.257. The van der Waals surface area contributed by atoms with Crippen molar-refractivity contribution in [3.8, 4) is 12.1 Å². The van der Waals surface area contributed by atoms with Gasteiger partial charge in [0.25, 0.3) is 5.91 Å². The number of benzene rings is 1. The van der Waals surface area contributed by atoms with Crippen LogP contribution in [0.25, 0.3) is 0 Å². The van der Waals surface area contributed by atoms with Crippen molar-refractivity contribution >= 4 is 11.7 Å². The Bertz CT molecular complexity index is 892. The highest BCUT2D eigenvalue weighted by atomic mass is 16.5. The van der Waals surface area contributed by atoms with Crippen molar-refractivity contribution in [2.75, 3.05) is 0 Å². The monoisotopic (exact) mass is 332 g/mol. The largest absolute Gasteiger partial charge is 0.488 e. The third-order valence-corrected chi connectivity index (χ3v) is 5.53. The van der Waals surface area contributed by atoms with E-state index in [4.69, 9.17) is 10.1 Å². The predicted molar refractivity (Wildman–Crippen MR) is 87.7 cm³/mol. The molecule has 25 heavy (non-hydrogen) atoms. The van der Waals surface area contributed by atoms with Crippen LogP contribution < -0.4 is 5.32 Å². The van der Waals surface area contributed by atoms with E-state index in [1.165, 1.54) is 0 Å². The van der Waals surface area contributed by atoms with Crippen molar-refractivity contribution in [2.24, 2.45) is 10.8 Å². The Morgan fingerprint density at radius 1 is 1.16 bits per heavy atom. The minimum Gasteiger partial charge on any atom is -0.488 e. The van der Waals surface area contributed by atoms with Crippen LogP contribution >= 0.6 is 0 Å². The lowest BCUT2D eigenvalue weighted by Gasteiger charge is -2.46. The molecule has 6 heteroatoms. The van der Waals surface area contributed by atoms with Crippen LogP contribution in [-0.4, -0.2) is 11.7 Å². The van der Waals surface area contributed by atoms with Gasteiger partial charge in [-0.05, 0) is 30.4 Å². The standard InChI is InChI=1S/C19H16N4O2/c20-10-18-13-8-4-5-9-14(13)25-15(12-6-2-1-3-7-12)19(18,11-21)16(22)23-17(18)24/h1-3,6-7,15H,4-5,8-9H2,(H2,22,23,24). The summed E-state index contributed by atoms with van der Waals surface area (Å²) in [5, 5.41) is 31.0. The van der Waals surface area contributed by atoms with Gasteiger partial charge in [0.1, 0.15) is 5.84 Å². The highest BCUT2D eigenvalue weighted by Gasteiger charge is 2.74. The van der Waals surface area contributed by atoms with Gasteiger partial charge >= 0.3 is 0 Å². The summed E-state index contributed by atoms with van der Waals surface area (Å²) in [6, 6.07) is 13.4. The molecule has 1 saturated heterocycles. The first-order valence-corrected chi connectivity index (χ1v) is 8.29. The van der Waals surface area contributed by atoms with Gasteiger partial charge < -0.3 is 10.1 Å². The van der Waals surface area contributed by atoms with Crippen molar-refractivity contribution in [2.45, 2.75) is 31.8 Å². The number of allylic oxidation sites excluding steroid dienone is 1.